The van der Waals surface area contributed by atoms with Crippen LogP contribution in [-0.2, 0) is 17.7 Å². The molecule has 3 rings (SSSR count). The minimum Gasteiger partial charge on any atom is -0.493 e. The second-order valence-electron chi connectivity index (χ2n) is 5.30. The normalized spacial score (nSPS) is 26.4. The third-order valence-corrected chi connectivity index (χ3v) is 3.85. The number of rotatable bonds is 4. The number of aliphatic hydroxyl groups excluding tert-OH is 1. The lowest BCUT2D eigenvalue weighted by Gasteiger charge is -2.16. The minimum absolute atomic E-state index is 0.0391. The van der Waals surface area contributed by atoms with Gasteiger partial charge in [-0.15, -0.1) is 0 Å². The Hall–Kier alpha value is -1.10. The van der Waals surface area contributed by atoms with Crippen LogP contribution in [0.4, 0.5) is 0 Å². The monoisotopic (exact) mass is 263 g/mol. The summed E-state index contributed by atoms with van der Waals surface area (Å²) < 4.78 is 11.1. The lowest BCUT2D eigenvalue weighted by atomic mass is 10.1. The van der Waals surface area contributed by atoms with Crippen LogP contribution in [0, 0.1) is 0 Å². The predicted octanol–water partition coefficient (Wildman–Crippen LogP) is 1.20. The topological polar surface area (TPSA) is 41.9 Å². The summed E-state index contributed by atoms with van der Waals surface area (Å²) in [6.45, 7) is 5.80. The van der Waals surface area contributed by atoms with Gasteiger partial charge in [0, 0.05) is 32.7 Å². The maximum atomic E-state index is 9.94. The molecule has 1 aromatic rings. The van der Waals surface area contributed by atoms with E-state index in [-0.39, 0.29) is 12.2 Å². The lowest BCUT2D eigenvalue weighted by molar-refractivity contribution is -0.00245. The van der Waals surface area contributed by atoms with Gasteiger partial charge in [0.25, 0.3) is 0 Å². The van der Waals surface area contributed by atoms with Crippen LogP contribution in [0.5, 0.6) is 5.75 Å². The van der Waals surface area contributed by atoms with Gasteiger partial charge in [-0.05, 0) is 24.1 Å². The highest BCUT2D eigenvalue weighted by Gasteiger charge is 2.31. The van der Waals surface area contributed by atoms with Crippen molar-refractivity contribution in [2.45, 2.75) is 32.1 Å². The third-order valence-electron chi connectivity index (χ3n) is 3.85. The van der Waals surface area contributed by atoms with Gasteiger partial charge in [-0.2, -0.15) is 0 Å². The van der Waals surface area contributed by atoms with Gasteiger partial charge in [-0.3, -0.25) is 4.90 Å². The molecule has 2 heterocycles. The second kappa shape index (κ2) is 5.49. The first-order valence-electron chi connectivity index (χ1n) is 7.03. The molecular weight excluding hydrogens is 242 g/mol. The molecule has 2 aliphatic rings. The molecule has 0 spiro atoms. The zero-order valence-electron chi connectivity index (χ0n) is 11.3. The average Bonchev–Trinajstić information content (AvgIpc) is 2.97. The zero-order valence-corrected chi connectivity index (χ0v) is 11.3. The molecular formula is C15H21NO3. The fourth-order valence-electron chi connectivity index (χ4n) is 2.94. The predicted molar refractivity (Wildman–Crippen MR) is 72.3 cm³/mol. The average molecular weight is 263 g/mol. The van der Waals surface area contributed by atoms with Crippen LogP contribution in [-0.4, -0.2) is 48.5 Å². The van der Waals surface area contributed by atoms with Gasteiger partial charge in [-0.1, -0.05) is 12.1 Å². The minimum atomic E-state index is -0.363. The van der Waals surface area contributed by atoms with E-state index in [4.69, 9.17) is 9.47 Å². The van der Waals surface area contributed by atoms with E-state index < -0.39 is 0 Å². The van der Waals surface area contributed by atoms with Crippen molar-refractivity contribution in [3.05, 3.63) is 29.3 Å². The SMILES string of the molecule is CCO[C@@H]1CN(Cc2ccc3c(c2)CCO3)C[C@H]1O. The van der Waals surface area contributed by atoms with Crippen molar-refractivity contribution in [1.82, 2.24) is 4.90 Å². The molecule has 0 amide bonds. The summed E-state index contributed by atoms with van der Waals surface area (Å²) in [6, 6.07) is 6.40. The fourth-order valence-corrected chi connectivity index (χ4v) is 2.94. The maximum Gasteiger partial charge on any atom is 0.122 e. The zero-order chi connectivity index (χ0) is 13.2. The largest absolute Gasteiger partial charge is 0.493 e. The third kappa shape index (κ3) is 2.76. The summed E-state index contributed by atoms with van der Waals surface area (Å²) in [7, 11) is 0. The van der Waals surface area contributed by atoms with Crippen LogP contribution >= 0.6 is 0 Å². The Morgan fingerprint density at radius 1 is 1.42 bits per heavy atom. The summed E-state index contributed by atoms with van der Waals surface area (Å²) in [5.74, 6) is 1.03. The first-order chi connectivity index (χ1) is 9.26. The van der Waals surface area contributed by atoms with Crippen LogP contribution in [0.1, 0.15) is 18.1 Å². The molecule has 1 N–H and O–H groups in total. The van der Waals surface area contributed by atoms with E-state index >= 15 is 0 Å². The summed E-state index contributed by atoms with van der Waals surface area (Å²) in [5.41, 5.74) is 2.59. The van der Waals surface area contributed by atoms with E-state index in [1.165, 1.54) is 11.1 Å². The Bertz CT molecular complexity index is 449. The molecule has 19 heavy (non-hydrogen) atoms. The van der Waals surface area contributed by atoms with Crippen molar-refractivity contribution in [2.75, 3.05) is 26.3 Å². The molecule has 0 aromatic heterocycles. The van der Waals surface area contributed by atoms with Crippen molar-refractivity contribution in [1.29, 1.82) is 0 Å². The van der Waals surface area contributed by atoms with Crippen molar-refractivity contribution in [3.8, 4) is 5.75 Å². The molecule has 0 saturated carbocycles. The van der Waals surface area contributed by atoms with Gasteiger partial charge in [0.2, 0.25) is 0 Å². The summed E-state index contributed by atoms with van der Waals surface area (Å²) >= 11 is 0. The Morgan fingerprint density at radius 3 is 3.16 bits per heavy atom. The van der Waals surface area contributed by atoms with Crippen molar-refractivity contribution >= 4 is 0 Å². The number of ether oxygens (including phenoxy) is 2. The van der Waals surface area contributed by atoms with Crippen LogP contribution in [0.25, 0.3) is 0 Å². The fraction of sp³-hybridized carbons (Fsp3) is 0.600. The molecule has 0 radical (unpaired) electrons. The van der Waals surface area contributed by atoms with E-state index in [0.29, 0.717) is 13.2 Å². The maximum absolute atomic E-state index is 9.94. The molecule has 2 atom stereocenters. The quantitative estimate of drug-likeness (QED) is 0.886. The first-order valence-corrected chi connectivity index (χ1v) is 7.03. The molecule has 1 saturated heterocycles. The molecule has 2 aliphatic heterocycles. The van der Waals surface area contributed by atoms with Gasteiger partial charge in [0.05, 0.1) is 18.8 Å². The van der Waals surface area contributed by atoms with E-state index in [1.807, 2.05) is 6.92 Å². The Morgan fingerprint density at radius 2 is 2.32 bits per heavy atom. The highest BCUT2D eigenvalue weighted by molar-refractivity contribution is 5.39. The summed E-state index contributed by atoms with van der Waals surface area (Å²) in [6.07, 6.45) is 0.605. The van der Waals surface area contributed by atoms with Crippen LogP contribution in [0.3, 0.4) is 0 Å². The molecule has 0 bridgehead atoms. The molecule has 104 valence electrons. The van der Waals surface area contributed by atoms with E-state index in [1.54, 1.807) is 0 Å². The van der Waals surface area contributed by atoms with Gasteiger partial charge < -0.3 is 14.6 Å². The highest BCUT2D eigenvalue weighted by Crippen LogP contribution is 2.27. The molecule has 0 aliphatic carbocycles. The number of hydrogen-bond donors (Lipinski definition) is 1. The number of nitrogens with zero attached hydrogens (tertiary/aromatic N) is 1. The van der Waals surface area contributed by atoms with Crippen molar-refractivity contribution in [2.24, 2.45) is 0 Å². The van der Waals surface area contributed by atoms with Crippen molar-refractivity contribution < 1.29 is 14.6 Å². The van der Waals surface area contributed by atoms with Crippen LogP contribution < -0.4 is 4.74 Å². The van der Waals surface area contributed by atoms with Crippen molar-refractivity contribution in [3.63, 3.8) is 0 Å². The molecule has 0 unspecified atom stereocenters. The number of likely N-dealkylation sites (tertiary alicyclic amines) is 1. The first kappa shape index (κ1) is 12.9. The molecule has 4 heteroatoms. The van der Waals surface area contributed by atoms with Gasteiger partial charge in [-0.25, -0.2) is 0 Å². The Kier molecular flexibility index (Phi) is 3.73. The Balaban J connectivity index is 1.63. The highest BCUT2D eigenvalue weighted by atomic mass is 16.5. The summed E-state index contributed by atoms with van der Waals surface area (Å²) in [4.78, 5) is 2.25. The van der Waals surface area contributed by atoms with E-state index in [0.717, 1.165) is 31.9 Å². The number of fused-ring (bicyclic) bond motifs is 1. The van der Waals surface area contributed by atoms with E-state index in [2.05, 4.69) is 23.1 Å². The number of hydrogen-bond acceptors (Lipinski definition) is 4. The molecule has 1 fully saturated rings. The Labute approximate surface area is 113 Å². The van der Waals surface area contributed by atoms with Crippen LogP contribution in [0.15, 0.2) is 18.2 Å². The lowest BCUT2D eigenvalue weighted by Crippen LogP contribution is -2.26. The number of benzene rings is 1. The van der Waals surface area contributed by atoms with Crippen LogP contribution in [0.2, 0.25) is 0 Å². The number of aliphatic hydroxyl groups is 1. The molecule has 1 aromatic carbocycles. The summed E-state index contributed by atoms with van der Waals surface area (Å²) in [5, 5.41) is 9.94. The van der Waals surface area contributed by atoms with Gasteiger partial charge >= 0.3 is 0 Å². The smallest absolute Gasteiger partial charge is 0.122 e. The second-order valence-corrected chi connectivity index (χ2v) is 5.30. The van der Waals surface area contributed by atoms with Gasteiger partial charge in [0.15, 0.2) is 0 Å². The van der Waals surface area contributed by atoms with E-state index in [9.17, 15) is 5.11 Å². The standard InChI is InChI=1S/C15H21NO3/c1-2-18-15-10-16(9-13(15)17)8-11-3-4-14-12(7-11)5-6-19-14/h3-4,7,13,15,17H,2,5-6,8-10H2,1H3/t13-,15-/m1/s1. The molecule has 4 nitrogen and oxygen atoms in total. The number of β-amino-alcohol motifs (C(OH)–C–C–N with tert-alkyl or cyclic N) is 1. The van der Waals surface area contributed by atoms with Gasteiger partial charge in [0.1, 0.15) is 5.75 Å².